The Morgan fingerprint density at radius 1 is 0.821 bits per heavy atom. The molecule has 1 aromatic carbocycles. The van der Waals surface area contributed by atoms with Crippen LogP contribution in [0.4, 0.5) is 8.78 Å². The van der Waals surface area contributed by atoms with E-state index in [1.165, 1.54) is 50.7 Å². The van der Waals surface area contributed by atoms with Crippen LogP contribution in [0.1, 0.15) is 85.6 Å². The largest absolute Gasteiger partial charge is 0.312 e. The van der Waals surface area contributed by atoms with Crippen molar-refractivity contribution in [3.8, 4) is 0 Å². The number of nitrogens with one attached hydrogen (secondary N) is 2. The highest BCUT2D eigenvalue weighted by molar-refractivity contribution is 5.18. The van der Waals surface area contributed by atoms with Crippen molar-refractivity contribution in [1.82, 2.24) is 10.6 Å². The maximum Gasteiger partial charge on any atom is 0.129 e. The quantitative estimate of drug-likeness (QED) is 0.595. The molecule has 0 spiro atoms. The first-order valence-electron chi connectivity index (χ1n) is 11.1. The molecule has 2 nitrogen and oxygen atoms in total. The maximum absolute atomic E-state index is 13.0. The van der Waals surface area contributed by atoms with Gasteiger partial charge in [0.1, 0.15) is 11.6 Å². The second kappa shape index (κ2) is 13.3. The van der Waals surface area contributed by atoms with Gasteiger partial charge in [-0.25, -0.2) is 8.78 Å². The maximum atomic E-state index is 13.0. The van der Waals surface area contributed by atoms with Crippen molar-refractivity contribution in [3.05, 3.63) is 35.4 Å². The van der Waals surface area contributed by atoms with Gasteiger partial charge in [0.05, 0.1) is 0 Å². The molecule has 0 saturated heterocycles. The van der Waals surface area contributed by atoms with E-state index in [1.807, 2.05) is 13.8 Å². The van der Waals surface area contributed by atoms with Crippen LogP contribution in [-0.4, -0.2) is 24.2 Å². The van der Waals surface area contributed by atoms with Gasteiger partial charge in [0.25, 0.3) is 0 Å². The molecule has 0 amide bonds. The molecule has 2 fully saturated rings. The molecule has 2 aliphatic carbocycles. The van der Waals surface area contributed by atoms with Crippen molar-refractivity contribution < 1.29 is 8.78 Å². The average Bonchev–Trinajstić information content (AvgIpc) is 3.23. The van der Waals surface area contributed by atoms with Crippen LogP contribution in [0.3, 0.4) is 0 Å². The van der Waals surface area contributed by atoms with Crippen molar-refractivity contribution in [3.63, 3.8) is 0 Å². The zero-order chi connectivity index (χ0) is 21.1. The minimum absolute atomic E-state index is 0.393. The fourth-order valence-corrected chi connectivity index (χ4v) is 3.41. The Bertz CT molecular complexity index is 533. The number of benzene rings is 1. The fraction of sp³-hybridized carbons (Fsp3) is 0.750. The Morgan fingerprint density at radius 2 is 1.32 bits per heavy atom. The zero-order valence-electron chi connectivity index (χ0n) is 18.8. The van der Waals surface area contributed by atoms with Crippen LogP contribution >= 0.6 is 0 Å². The van der Waals surface area contributed by atoms with Crippen LogP contribution in [0.5, 0.6) is 0 Å². The van der Waals surface area contributed by atoms with Gasteiger partial charge in [0, 0.05) is 30.2 Å². The fourth-order valence-electron chi connectivity index (χ4n) is 3.41. The summed E-state index contributed by atoms with van der Waals surface area (Å²) in [6, 6.07) is 6.80. The summed E-state index contributed by atoms with van der Waals surface area (Å²) in [5, 5.41) is 6.96. The molecule has 0 aliphatic heterocycles. The molecule has 1 aromatic rings. The van der Waals surface area contributed by atoms with Gasteiger partial charge >= 0.3 is 0 Å². The topological polar surface area (TPSA) is 24.1 Å². The summed E-state index contributed by atoms with van der Waals surface area (Å²) in [7, 11) is 0. The molecule has 28 heavy (non-hydrogen) atoms. The third kappa shape index (κ3) is 12.5. The summed E-state index contributed by atoms with van der Waals surface area (Å²) in [5.74, 6) is -0.561. The van der Waals surface area contributed by atoms with E-state index in [4.69, 9.17) is 0 Å². The molecular weight excluding hydrogens is 354 g/mol. The Morgan fingerprint density at radius 3 is 1.71 bits per heavy atom. The molecule has 0 aromatic heterocycles. The van der Waals surface area contributed by atoms with Crippen molar-refractivity contribution in [2.75, 3.05) is 0 Å². The van der Waals surface area contributed by atoms with Gasteiger partial charge in [-0.15, -0.1) is 0 Å². The van der Waals surface area contributed by atoms with Gasteiger partial charge in [-0.05, 0) is 49.7 Å². The summed E-state index contributed by atoms with van der Waals surface area (Å²) in [6.07, 6.45) is 9.13. The molecule has 2 aliphatic rings. The molecular formula is C24H42F2N2. The van der Waals surface area contributed by atoms with Gasteiger partial charge in [-0.3, -0.25) is 0 Å². The van der Waals surface area contributed by atoms with Crippen LogP contribution in [0.15, 0.2) is 18.2 Å². The summed E-state index contributed by atoms with van der Waals surface area (Å²) >= 11 is 0. The summed E-state index contributed by atoms with van der Waals surface area (Å²) in [6.45, 7) is 12.8. The lowest BCUT2D eigenvalue weighted by molar-refractivity contribution is 0.471. The second-order valence-corrected chi connectivity index (χ2v) is 9.23. The summed E-state index contributed by atoms with van der Waals surface area (Å²) < 4.78 is 25.4. The van der Waals surface area contributed by atoms with E-state index in [-0.39, 0.29) is 0 Å². The first kappa shape index (κ1) is 25.0. The number of hydrogen-bond donors (Lipinski definition) is 2. The molecule has 2 saturated carbocycles. The Hall–Kier alpha value is -1.00. The van der Waals surface area contributed by atoms with Crippen molar-refractivity contribution in [2.45, 2.75) is 111 Å². The predicted molar refractivity (Wildman–Crippen MR) is 117 cm³/mol. The minimum atomic E-state index is -0.514. The van der Waals surface area contributed by atoms with Gasteiger partial charge in [-0.2, -0.15) is 0 Å². The van der Waals surface area contributed by atoms with E-state index in [0.29, 0.717) is 30.0 Å². The Kier molecular flexibility index (Phi) is 11.9. The van der Waals surface area contributed by atoms with Crippen LogP contribution in [0.25, 0.3) is 0 Å². The summed E-state index contributed by atoms with van der Waals surface area (Å²) in [5.41, 5.74) is 0.589. The van der Waals surface area contributed by atoms with Crippen molar-refractivity contribution in [2.24, 2.45) is 5.92 Å². The highest BCUT2D eigenvalue weighted by atomic mass is 19.1. The lowest BCUT2D eigenvalue weighted by Crippen LogP contribution is -2.32. The first-order chi connectivity index (χ1) is 13.2. The molecule has 162 valence electrons. The van der Waals surface area contributed by atoms with E-state index >= 15 is 0 Å². The van der Waals surface area contributed by atoms with E-state index < -0.39 is 11.6 Å². The molecule has 0 bridgehead atoms. The van der Waals surface area contributed by atoms with Gasteiger partial charge < -0.3 is 10.6 Å². The van der Waals surface area contributed by atoms with Crippen LogP contribution in [0, 0.1) is 17.6 Å². The molecule has 0 radical (unpaired) electrons. The average molecular weight is 397 g/mol. The van der Waals surface area contributed by atoms with E-state index in [9.17, 15) is 8.78 Å². The third-order valence-corrected chi connectivity index (χ3v) is 4.71. The van der Waals surface area contributed by atoms with Crippen molar-refractivity contribution in [1.29, 1.82) is 0 Å². The van der Waals surface area contributed by atoms with Crippen LogP contribution < -0.4 is 10.6 Å². The highest BCUT2D eigenvalue weighted by Crippen LogP contribution is 2.19. The van der Waals surface area contributed by atoms with E-state index in [2.05, 4.69) is 38.3 Å². The normalized spacial score (nSPS) is 16.8. The van der Waals surface area contributed by atoms with Crippen LogP contribution in [-0.2, 0) is 6.42 Å². The van der Waals surface area contributed by atoms with Crippen LogP contribution in [0.2, 0.25) is 0 Å². The number of hydrogen-bond acceptors (Lipinski definition) is 2. The molecule has 2 N–H and O–H groups in total. The molecule has 0 unspecified atom stereocenters. The van der Waals surface area contributed by atoms with Gasteiger partial charge in [0.2, 0.25) is 0 Å². The smallest absolute Gasteiger partial charge is 0.129 e. The monoisotopic (exact) mass is 396 g/mol. The zero-order valence-corrected chi connectivity index (χ0v) is 18.8. The standard InChI is InChI=1S/C10H12F2.C8H17N.C6H13N/c1-7(2)5-8-3-4-9(11)6-10(8)12;1-7(2)9-8-5-3-4-6-8;1-5(2)7-6-3-4-6/h3-4,6-7H,5H2,1-2H3;7-9H,3-6H2,1-2H3;5-7H,3-4H2,1-2H3. The van der Waals surface area contributed by atoms with Gasteiger partial charge in [0.15, 0.2) is 0 Å². The minimum Gasteiger partial charge on any atom is -0.312 e. The molecule has 3 rings (SSSR count). The first-order valence-corrected chi connectivity index (χ1v) is 11.1. The number of halogens is 2. The Labute approximate surface area is 171 Å². The lowest BCUT2D eigenvalue weighted by atomic mass is 10.0. The van der Waals surface area contributed by atoms with Crippen molar-refractivity contribution >= 4 is 0 Å². The number of rotatable bonds is 6. The summed E-state index contributed by atoms with van der Waals surface area (Å²) in [4.78, 5) is 0. The van der Waals surface area contributed by atoms with Gasteiger partial charge in [-0.1, -0.05) is 60.5 Å². The van der Waals surface area contributed by atoms with E-state index in [1.54, 1.807) is 0 Å². The lowest BCUT2D eigenvalue weighted by Gasteiger charge is -2.14. The molecule has 0 atom stereocenters. The third-order valence-electron chi connectivity index (χ3n) is 4.71. The Balaban J connectivity index is 0.000000218. The molecule has 4 heteroatoms. The second-order valence-electron chi connectivity index (χ2n) is 9.23. The SMILES string of the molecule is CC(C)Cc1ccc(F)cc1F.CC(C)NC1CC1.CC(C)NC1CCCC1. The molecule has 0 heterocycles. The highest BCUT2D eigenvalue weighted by Gasteiger charge is 2.20. The van der Waals surface area contributed by atoms with E-state index in [0.717, 1.165) is 18.2 Å². The predicted octanol–water partition coefficient (Wildman–Crippen LogP) is 6.24.